The van der Waals surface area contributed by atoms with Crippen LogP contribution in [-0.2, 0) is 0 Å². The van der Waals surface area contributed by atoms with Gasteiger partial charge in [-0.2, -0.15) is 10.2 Å². The minimum absolute atomic E-state index is 0.791. The predicted octanol–water partition coefficient (Wildman–Crippen LogP) is 6.14. The van der Waals surface area contributed by atoms with Gasteiger partial charge in [-0.05, 0) is 74.8 Å². The van der Waals surface area contributed by atoms with Crippen LogP contribution in [0.3, 0.4) is 0 Å². The van der Waals surface area contributed by atoms with E-state index in [0.717, 1.165) is 24.6 Å². The van der Waals surface area contributed by atoms with Crippen molar-refractivity contribution in [3.63, 3.8) is 0 Å². The van der Waals surface area contributed by atoms with Crippen molar-refractivity contribution in [2.24, 2.45) is 16.1 Å². The summed E-state index contributed by atoms with van der Waals surface area (Å²) in [6.07, 6.45) is 3.68. The lowest BCUT2D eigenvalue weighted by molar-refractivity contribution is 0.539. The van der Waals surface area contributed by atoms with E-state index in [1.54, 1.807) is 0 Å². The Kier molecular flexibility index (Phi) is 6.38. The van der Waals surface area contributed by atoms with Crippen LogP contribution < -0.4 is 0 Å². The summed E-state index contributed by atoms with van der Waals surface area (Å²) in [7, 11) is 0. The molecule has 0 heterocycles. The van der Waals surface area contributed by atoms with Crippen molar-refractivity contribution in [1.82, 2.24) is 0 Å². The summed E-state index contributed by atoms with van der Waals surface area (Å²) in [5.74, 6) is 0.791. The molecule has 0 fully saturated rings. The van der Waals surface area contributed by atoms with Gasteiger partial charge in [0.15, 0.2) is 0 Å². The predicted molar refractivity (Wildman–Crippen MR) is 88.2 cm³/mol. The van der Waals surface area contributed by atoms with Gasteiger partial charge in [-0.3, -0.25) is 0 Å². The van der Waals surface area contributed by atoms with Gasteiger partial charge in [0.25, 0.3) is 0 Å². The fourth-order valence-electron chi connectivity index (χ4n) is 2.49. The molecule has 0 aromatic heterocycles. The molecular weight excluding hydrogens is 244 g/mol. The molecule has 0 saturated heterocycles. The molecule has 0 amide bonds. The third-order valence-corrected chi connectivity index (χ3v) is 4.42. The van der Waals surface area contributed by atoms with E-state index in [4.69, 9.17) is 0 Å². The van der Waals surface area contributed by atoms with Crippen LogP contribution in [0.1, 0.15) is 60.9 Å². The van der Waals surface area contributed by atoms with E-state index in [1.165, 1.54) is 40.7 Å². The molecular formula is C18H30N2. The second-order valence-corrected chi connectivity index (χ2v) is 6.33. The van der Waals surface area contributed by atoms with Crippen LogP contribution in [0.5, 0.6) is 0 Å². The highest BCUT2D eigenvalue weighted by atomic mass is 15.1. The first-order chi connectivity index (χ1) is 9.36. The molecule has 112 valence electrons. The highest BCUT2D eigenvalue weighted by Gasteiger charge is 2.11. The summed E-state index contributed by atoms with van der Waals surface area (Å²) >= 11 is 0. The summed E-state index contributed by atoms with van der Waals surface area (Å²) in [5, 5.41) is 8.91. The molecule has 0 aliphatic carbocycles. The van der Waals surface area contributed by atoms with Gasteiger partial charge in [0.1, 0.15) is 0 Å². The summed E-state index contributed by atoms with van der Waals surface area (Å²) in [4.78, 5) is 0. The highest BCUT2D eigenvalue weighted by molar-refractivity contribution is 5.60. The second kappa shape index (κ2) is 7.56. The minimum Gasteiger partial charge on any atom is -0.189 e. The maximum Gasteiger partial charge on any atom is 0.0916 e. The van der Waals surface area contributed by atoms with Crippen LogP contribution in [-0.4, -0.2) is 6.54 Å². The number of benzene rings is 1. The number of rotatable bonds is 6. The lowest BCUT2D eigenvalue weighted by atomic mass is 9.93. The highest BCUT2D eigenvalue weighted by Crippen LogP contribution is 2.32. The Morgan fingerprint density at radius 1 is 0.750 bits per heavy atom. The standard InChI is InChI=1S/C18H30N2/c1-12(2)10-8-9-11-19-20-18-16(6)14(4)13(3)15(5)17(18)7/h12H,8-11H2,1-7H3. The van der Waals surface area contributed by atoms with Crippen LogP contribution in [0.4, 0.5) is 5.69 Å². The molecule has 0 N–H and O–H groups in total. The van der Waals surface area contributed by atoms with Gasteiger partial charge in [-0.15, -0.1) is 0 Å². The zero-order chi connectivity index (χ0) is 15.3. The van der Waals surface area contributed by atoms with Crippen molar-refractivity contribution in [2.75, 3.05) is 6.54 Å². The van der Waals surface area contributed by atoms with Crippen molar-refractivity contribution in [2.45, 2.75) is 67.7 Å². The Bertz CT molecular complexity index is 456. The summed E-state index contributed by atoms with van der Waals surface area (Å²) < 4.78 is 0. The monoisotopic (exact) mass is 274 g/mol. The van der Waals surface area contributed by atoms with E-state index in [9.17, 15) is 0 Å². The average molecular weight is 274 g/mol. The zero-order valence-electron chi connectivity index (χ0n) is 14.3. The molecule has 2 nitrogen and oxygen atoms in total. The van der Waals surface area contributed by atoms with Crippen molar-refractivity contribution >= 4 is 5.69 Å². The largest absolute Gasteiger partial charge is 0.189 e. The lowest BCUT2D eigenvalue weighted by Crippen LogP contribution is -1.95. The molecule has 0 bridgehead atoms. The van der Waals surface area contributed by atoms with Gasteiger partial charge < -0.3 is 0 Å². The molecule has 0 saturated carbocycles. The van der Waals surface area contributed by atoms with E-state index >= 15 is 0 Å². The first-order valence-corrected chi connectivity index (χ1v) is 7.80. The van der Waals surface area contributed by atoms with E-state index in [2.05, 4.69) is 58.7 Å². The van der Waals surface area contributed by atoms with Crippen LogP contribution in [0.2, 0.25) is 0 Å². The van der Waals surface area contributed by atoms with E-state index in [0.29, 0.717) is 0 Å². The van der Waals surface area contributed by atoms with Gasteiger partial charge in [-0.25, -0.2) is 0 Å². The van der Waals surface area contributed by atoms with Gasteiger partial charge in [-0.1, -0.05) is 26.7 Å². The molecule has 1 rings (SSSR count). The van der Waals surface area contributed by atoms with Crippen LogP contribution >= 0.6 is 0 Å². The Labute approximate surface area is 124 Å². The van der Waals surface area contributed by atoms with Crippen molar-refractivity contribution < 1.29 is 0 Å². The van der Waals surface area contributed by atoms with Crippen LogP contribution in [0.15, 0.2) is 10.2 Å². The fraction of sp³-hybridized carbons (Fsp3) is 0.667. The molecule has 0 unspecified atom stereocenters. The average Bonchev–Trinajstić information content (AvgIpc) is 2.41. The third-order valence-electron chi connectivity index (χ3n) is 4.42. The minimum atomic E-state index is 0.791. The van der Waals surface area contributed by atoms with Crippen LogP contribution in [0, 0.1) is 40.5 Å². The lowest BCUT2D eigenvalue weighted by Gasteiger charge is -2.14. The molecule has 0 radical (unpaired) electrons. The number of azo groups is 1. The van der Waals surface area contributed by atoms with Crippen LogP contribution in [0.25, 0.3) is 0 Å². The van der Waals surface area contributed by atoms with E-state index in [1.807, 2.05) is 0 Å². The first-order valence-electron chi connectivity index (χ1n) is 7.80. The number of unbranched alkanes of at least 4 members (excludes halogenated alkanes) is 1. The molecule has 0 atom stereocenters. The molecule has 1 aromatic carbocycles. The first kappa shape index (κ1) is 16.9. The summed E-state index contributed by atoms with van der Waals surface area (Å²) in [6.45, 7) is 16.2. The maximum atomic E-state index is 4.51. The third kappa shape index (κ3) is 4.16. The van der Waals surface area contributed by atoms with E-state index < -0.39 is 0 Å². The van der Waals surface area contributed by atoms with Crippen molar-refractivity contribution in [3.05, 3.63) is 27.8 Å². The second-order valence-electron chi connectivity index (χ2n) is 6.33. The quantitative estimate of drug-likeness (QED) is 0.440. The topological polar surface area (TPSA) is 24.7 Å². The zero-order valence-corrected chi connectivity index (χ0v) is 14.3. The molecule has 0 spiro atoms. The van der Waals surface area contributed by atoms with Gasteiger partial charge in [0, 0.05) is 0 Å². The Hall–Kier alpha value is -1.18. The molecule has 0 aliphatic heterocycles. The van der Waals surface area contributed by atoms with Gasteiger partial charge in [0.2, 0.25) is 0 Å². The smallest absolute Gasteiger partial charge is 0.0916 e. The number of hydrogen-bond donors (Lipinski definition) is 0. The van der Waals surface area contributed by atoms with E-state index in [-0.39, 0.29) is 0 Å². The number of hydrogen-bond acceptors (Lipinski definition) is 2. The van der Waals surface area contributed by atoms with Crippen molar-refractivity contribution in [1.29, 1.82) is 0 Å². The van der Waals surface area contributed by atoms with Gasteiger partial charge >= 0.3 is 0 Å². The fourth-order valence-corrected chi connectivity index (χ4v) is 2.49. The van der Waals surface area contributed by atoms with Gasteiger partial charge in [0.05, 0.1) is 12.2 Å². The molecule has 1 aromatic rings. The summed E-state index contributed by atoms with van der Waals surface area (Å²) in [5.41, 5.74) is 7.71. The van der Waals surface area contributed by atoms with Crippen molar-refractivity contribution in [3.8, 4) is 0 Å². The summed E-state index contributed by atoms with van der Waals surface area (Å²) in [6, 6.07) is 0. The normalized spacial score (nSPS) is 11.8. The number of nitrogens with zero attached hydrogens (tertiary/aromatic N) is 2. The SMILES string of the molecule is Cc1c(C)c(C)c(N=NCCCCC(C)C)c(C)c1C. The molecule has 2 heteroatoms. The Morgan fingerprint density at radius 3 is 1.75 bits per heavy atom. The molecule has 20 heavy (non-hydrogen) atoms. The Balaban J connectivity index is 2.73. The Morgan fingerprint density at radius 2 is 1.25 bits per heavy atom. The molecule has 0 aliphatic rings. The maximum absolute atomic E-state index is 4.51.